The van der Waals surface area contributed by atoms with Crippen molar-refractivity contribution in [3.8, 4) is 0 Å². The van der Waals surface area contributed by atoms with Crippen molar-refractivity contribution in [2.75, 3.05) is 66.0 Å². The van der Waals surface area contributed by atoms with Crippen LogP contribution in [0.15, 0.2) is 0 Å². The fourth-order valence-corrected chi connectivity index (χ4v) is 6.65. The molecule has 4 heterocycles. The minimum atomic E-state index is 0.333. The molecule has 1 atom stereocenters. The van der Waals surface area contributed by atoms with Crippen molar-refractivity contribution in [2.45, 2.75) is 77.8 Å². The third-order valence-corrected chi connectivity index (χ3v) is 8.84. The fraction of sp³-hybridized carbons (Fsp3) is 1.00. The molecule has 0 saturated carbocycles. The minimum absolute atomic E-state index is 0.333. The third kappa shape index (κ3) is 4.17. The summed E-state index contributed by atoms with van der Waals surface area (Å²) >= 11 is 0. The van der Waals surface area contributed by atoms with Crippen molar-refractivity contribution in [3.05, 3.63) is 0 Å². The number of hydrogen-bond donors (Lipinski definition) is 0. The molecule has 4 rings (SSSR count). The molecule has 28 heavy (non-hydrogen) atoms. The molecular weight excluding hydrogens is 344 g/mol. The first-order valence-electron chi connectivity index (χ1n) is 11.9. The Morgan fingerprint density at radius 1 is 0.679 bits per heavy atom. The first-order chi connectivity index (χ1) is 13.0. The maximum absolute atomic E-state index is 2.80. The van der Waals surface area contributed by atoms with E-state index in [1.54, 1.807) is 0 Å². The van der Waals surface area contributed by atoms with Gasteiger partial charge in [-0.05, 0) is 117 Å². The molecule has 4 aliphatic heterocycles. The first-order valence-corrected chi connectivity index (χ1v) is 11.9. The molecule has 0 N–H and O–H groups in total. The molecule has 2 spiro atoms. The van der Waals surface area contributed by atoms with Gasteiger partial charge in [0, 0.05) is 37.3 Å². The lowest BCUT2D eigenvalue weighted by Gasteiger charge is -2.55. The van der Waals surface area contributed by atoms with Gasteiger partial charge < -0.3 is 9.80 Å². The molecule has 0 aromatic rings. The monoisotopic (exact) mass is 390 g/mol. The van der Waals surface area contributed by atoms with E-state index in [4.69, 9.17) is 0 Å². The summed E-state index contributed by atoms with van der Waals surface area (Å²) < 4.78 is 0. The largest absolute Gasteiger partial charge is 0.305 e. The van der Waals surface area contributed by atoms with Crippen LogP contribution in [0.25, 0.3) is 0 Å². The third-order valence-electron chi connectivity index (χ3n) is 8.84. The first kappa shape index (κ1) is 21.1. The minimum Gasteiger partial charge on any atom is -0.305 e. The normalized spacial score (nSPS) is 33.2. The van der Waals surface area contributed by atoms with Gasteiger partial charge in [-0.2, -0.15) is 0 Å². The highest BCUT2D eigenvalue weighted by atomic mass is 15.3. The van der Waals surface area contributed by atoms with Crippen molar-refractivity contribution >= 4 is 0 Å². The lowest BCUT2D eigenvalue weighted by molar-refractivity contribution is -0.0546. The molecule has 4 aliphatic rings. The number of piperidine rings is 1. The summed E-state index contributed by atoms with van der Waals surface area (Å²) in [4.78, 5) is 10.8. The van der Waals surface area contributed by atoms with Gasteiger partial charge in [-0.15, -0.1) is 0 Å². The molecule has 4 heteroatoms. The molecule has 1 unspecified atom stereocenters. The van der Waals surface area contributed by atoms with Crippen LogP contribution in [-0.2, 0) is 0 Å². The Balaban J connectivity index is 1.24. The summed E-state index contributed by atoms with van der Waals surface area (Å²) in [6.45, 7) is 24.0. The maximum Gasteiger partial charge on any atom is 0.0165 e. The van der Waals surface area contributed by atoms with Crippen molar-refractivity contribution in [1.82, 2.24) is 19.6 Å². The van der Waals surface area contributed by atoms with Gasteiger partial charge in [-0.25, -0.2) is 0 Å². The van der Waals surface area contributed by atoms with Crippen LogP contribution in [0.2, 0.25) is 0 Å². The summed E-state index contributed by atoms with van der Waals surface area (Å²) in [6.07, 6.45) is 6.97. The molecule has 0 aromatic heterocycles. The van der Waals surface area contributed by atoms with Crippen LogP contribution < -0.4 is 0 Å². The van der Waals surface area contributed by atoms with Crippen LogP contribution in [0.4, 0.5) is 0 Å². The Kier molecular flexibility index (Phi) is 5.43. The Morgan fingerprint density at radius 3 is 1.75 bits per heavy atom. The van der Waals surface area contributed by atoms with Crippen molar-refractivity contribution in [2.24, 2.45) is 10.8 Å². The maximum atomic E-state index is 2.80. The highest BCUT2D eigenvalue weighted by Crippen LogP contribution is 2.43. The number of rotatable bonds is 4. The van der Waals surface area contributed by atoms with E-state index >= 15 is 0 Å². The zero-order valence-electron chi connectivity index (χ0n) is 19.7. The standard InChI is InChI=1S/C24H46N4/c1-21(2,3)28-16-11-24(20-28)8-13-26(19-24)12-7-22(4,5)27-14-9-23(10-15-27)17-25(6)18-23/h7-20H2,1-6H3. The summed E-state index contributed by atoms with van der Waals surface area (Å²) in [5, 5.41) is 0. The smallest absolute Gasteiger partial charge is 0.0165 e. The van der Waals surface area contributed by atoms with Crippen LogP contribution in [0.3, 0.4) is 0 Å². The van der Waals surface area contributed by atoms with E-state index in [1.165, 1.54) is 91.0 Å². The van der Waals surface area contributed by atoms with Crippen molar-refractivity contribution < 1.29 is 0 Å². The van der Waals surface area contributed by atoms with Gasteiger partial charge in [0.15, 0.2) is 0 Å². The Morgan fingerprint density at radius 2 is 1.21 bits per heavy atom. The van der Waals surface area contributed by atoms with Gasteiger partial charge in [0.25, 0.3) is 0 Å². The van der Waals surface area contributed by atoms with Gasteiger partial charge in [0.2, 0.25) is 0 Å². The predicted octanol–water partition coefficient (Wildman–Crippen LogP) is 3.38. The van der Waals surface area contributed by atoms with E-state index in [0.717, 1.165) is 0 Å². The second kappa shape index (κ2) is 7.21. The lowest BCUT2D eigenvalue weighted by atomic mass is 9.71. The Labute approximate surface area is 174 Å². The van der Waals surface area contributed by atoms with Crippen molar-refractivity contribution in [1.29, 1.82) is 0 Å². The van der Waals surface area contributed by atoms with Crippen LogP contribution in [0, 0.1) is 10.8 Å². The van der Waals surface area contributed by atoms with Gasteiger partial charge in [0.1, 0.15) is 0 Å². The number of hydrogen-bond acceptors (Lipinski definition) is 4. The second-order valence-electron chi connectivity index (χ2n) is 12.6. The molecule has 162 valence electrons. The zero-order valence-corrected chi connectivity index (χ0v) is 19.7. The van der Waals surface area contributed by atoms with E-state index in [-0.39, 0.29) is 0 Å². The molecular formula is C24H46N4. The SMILES string of the molecule is CN1CC2(CCN(C(C)(C)CCN3CCC4(CCN(C(C)(C)C)C4)C3)CC2)C1. The van der Waals surface area contributed by atoms with Gasteiger partial charge in [-0.3, -0.25) is 9.80 Å². The average Bonchev–Trinajstić information content (AvgIpc) is 3.19. The molecule has 0 amide bonds. The summed E-state index contributed by atoms with van der Waals surface area (Å²) in [5.41, 5.74) is 1.94. The molecule has 4 nitrogen and oxygen atoms in total. The molecule has 0 bridgehead atoms. The molecule has 0 aromatic carbocycles. The second-order valence-corrected chi connectivity index (χ2v) is 12.6. The van der Waals surface area contributed by atoms with E-state index in [0.29, 0.717) is 21.9 Å². The molecule has 4 saturated heterocycles. The number of nitrogens with zero attached hydrogens (tertiary/aromatic N) is 4. The summed E-state index contributed by atoms with van der Waals surface area (Å²) in [6, 6.07) is 0. The predicted molar refractivity (Wildman–Crippen MR) is 119 cm³/mol. The molecule has 0 radical (unpaired) electrons. The van der Waals surface area contributed by atoms with Gasteiger partial charge in [0.05, 0.1) is 0 Å². The topological polar surface area (TPSA) is 13.0 Å². The Hall–Kier alpha value is -0.160. The van der Waals surface area contributed by atoms with Gasteiger partial charge in [-0.1, -0.05) is 0 Å². The number of likely N-dealkylation sites (tertiary alicyclic amines) is 4. The van der Waals surface area contributed by atoms with Crippen molar-refractivity contribution in [3.63, 3.8) is 0 Å². The summed E-state index contributed by atoms with van der Waals surface area (Å²) in [5.74, 6) is 0. The van der Waals surface area contributed by atoms with Crippen LogP contribution in [0.5, 0.6) is 0 Å². The molecule has 0 aliphatic carbocycles. The van der Waals surface area contributed by atoms with E-state index < -0.39 is 0 Å². The Bertz CT molecular complexity index is 549. The average molecular weight is 391 g/mol. The molecule has 4 fully saturated rings. The van der Waals surface area contributed by atoms with E-state index in [1.807, 2.05) is 0 Å². The van der Waals surface area contributed by atoms with Crippen LogP contribution in [0.1, 0.15) is 66.7 Å². The summed E-state index contributed by atoms with van der Waals surface area (Å²) in [7, 11) is 2.27. The fourth-order valence-electron chi connectivity index (χ4n) is 6.65. The van der Waals surface area contributed by atoms with E-state index in [2.05, 4.69) is 61.3 Å². The van der Waals surface area contributed by atoms with E-state index in [9.17, 15) is 0 Å². The lowest BCUT2D eigenvalue weighted by Crippen LogP contribution is -2.61. The van der Waals surface area contributed by atoms with Crippen LogP contribution >= 0.6 is 0 Å². The van der Waals surface area contributed by atoms with Gasteiger partial charge >= 0.3 is 0 Å². The van der Waals surface area contributed by atoms with Crippen LogP contribution in [-0.4, -0.2) is 96.6 Å². The highest BCUT2D eigenvalue weighted by Gasteiger charge is 2.47. The highest BCUT2D eigenvalue weighted by molar-refractivity contribution is 5.01. The quantitative estimate of drug-likeness (QED) is 0.729. The zero-order chi connectivity index (χ0) is 20.2.